The molecule has 1 aromatic carbocycles. The Bertz CT molecular complexity index is 228. The van der Waals surface area contributed by atoms with Gasteiger partial charge in [-0.1, -0.05) is 6.08 Å². The van der Waals surface area contributed by atoms with E-state index in [0.717, 1.165) is 11.4 Å². The van der Waals surface area contributed by atoms with Crippen LogP contribution in [0.2, 0.25) is 0 Å². The lowest BCUT2D eigenvalue weighted by molar-refractivity contribution is 1.46. The van der Waals surface area contributed by atoms with Crippen molar-refractivity contribution in [2.24, 2.45) is 0 Å². The Hall–Kier alpha value is -0.890. The van der Waals surface area contributed by atoms with Gasteiger partial charge in [-0.05, 0) is 24.3 Å². The second-order valence-corrected chi connectivity index (χ2v) is 3.26. The van der Waals surface area contributed by atoms with Crippen LogP contribution in [0.4, 0.5) is 5.69 Å². The highest BCUT2D eigenvalue weighted by Gasteiger charge is 1.89. The number of thioether (sulfide) groups is 1. The zero-order valence-electron chi connectivity index (χ0n) is 6.29. The molecule has 0 atom stereocenters. The van der Waals surface area contributed by atoms with Gasteiger partial charge in [-0.15, -0.1) is 18.3 Å². The summed E-state index contributed by atoms with van der Waals surface area (Å²) in [6.07, 6.45) is 1.89. The summed E-state index contributed by atoms with van der Waals surface area (Å²) in [4.78, 5) is 1.24. The molecule has 0 aliphatic heterocycles. The Morgan fingerprint density at radius 2 is 2.00 bits per heavy atom. The van der Waals surface area contributed by atoms with Gasteiger partial charge >= 0.3 is 0 Å². The Morgan fingerprint density at radius 3 is 2.55 bits per heavy atom. The molecule has 0 spiro atoms. The summed E-state index contributed by atoms with van der Waals surface area (Å²) >= 11 is 1.76. The lowest BCUT2D eigenvalue weighted by atomic mass is 10.3. The molecule has 0 saturated heterocycles. The number of nitrogen functional groups attached to an aromatic ring is 1. The third-order valence-electron chi connectivity index (χ3n) is 1.25. The maximum absolute atomic E-state index is 5.53. The number of rotatable bonds is 3. The van der Waals surface area contributed by atoms with Crippen LogP contribution in [0.5, 0.6) is 0 Å². The molecule has 0 heterocycles. The molecular formula is C9H11NS. The molecular weight excluding hydrogens is 154 g/mol. The first-order valence-corrected chi connectivity index (χ1v) is 4.40. The summed E-state index contributed by atoms with van der Waals surface area (Å²) in [5.41, 5.74) is 6.34. The third-order valence-corrected chi connectivity index (χ3v) is 2.26. The van der Waals surface area contributed by atoms with Gasteiger partial charge in [0.2, 0.25) is 0 Å². The molecule has 1 rings (SSSR count). The van der Waals surface area contributed by atoms with Gasteiger partial charge in [0.25, 0.3) is 0 Å². The predicted molar refractivity (Wildman–Crippen MR) is 51.8 cm³/mol. The van der Waals surface area contributed by atoms with Crippen molar-refractivity contribution in [3.8, 4) is 0 Å². The smallest absolute Gasteiger partial charge is 0.0314 e. The molecule has 2 N–H and O–H groups in total. The van der Waals surface area contributed by atoms with Crippen molar-refractivity contribution >= 4 is 17.4 Å². The second kappa shape index (κ2) is 4.09. The van der Waals surface area contributed by atoms with Gasteiger partial charge in [0.15, 0.2) is 0 Å². The number of hydrogen-bond donors (Lipinski definition) is 1. The summed E-state index contributed by atoms with van der Waals surface area (Å²) in [5, 5.41) is 0. The zero-order valence-corrected chi connectivity index (χ0v) is 7.10. The summed E-state index contributed by atoms with van der Waals surface area (Å²) in [7, 11) is 0. The van der Waals surface area contributed by atoms with Gasteiger partial charge in [-0.25, -0.2) is 0 Å². The minimum absolute atomic E-state index is 0.813. The highest BCUT2D eigenvalue weighted by Crippen LogP contribution is 2.18. The van der Waals surface area contributed by atoms with E-state index in [1.54, 1.807) is 11.8 Å². The number of hydrogen-bond acceptors (Lipinski definition) is 2. The summed E-state index contributed by atoms with van der Waals surface area (Å²) in [5.74, 6) is 0.948. The molecule has 1 aromatic rings. The monoisotopic (exact) mass is 165 g/mol. The van der Waals surface area contributed by atoms with E-state index in [2.05, 4.69) is 6.58 Å². The van der Waals surface area contributed by atoms with Crippen LogP contribution in [0.25, 0.3) is 0 Å². The second-order valence-electron chi connectivity index (χ2n) is 2.17. The van der Waals surface area contributed by atoms with E-state index in [4.69, 9.17) is 5.73 Å². The molecule has 11 heavy (non-hydrogen) atoms. The quantitative estimate of drug-likeness (QED) is 0.423. The van der Waals surface area contributed by atoms with E-state index >= 15 is 0 Å². The molecule has 0 aliphatic carbocycles. The summed E-state index contributed by atoms with van der Waals surface area (Å²) < 4.78 is 0. The van der Waals surface area contributed by atoms with E-state index in [9.17, 15) is 0 Å². The van der Waals surface area contributed by atoms with Gasteiger partial charge in [-0.2, -0.15) is 0 Å². The number of benzene rings is 1. The minimum Gasteiger partial charge on any atom is -0.399 e. The van der Waals surface area contributed by atoms with Crippen LogP contribution < -0.4 is 5.73 Å². The van der Waals surface area contributed by atoms with E-state index in [1.807, 2.05) is 30.3 Å². The van der Waals surface area contributed by atoms with Crippen molar-refractivity contribution in [3.05, 3.63) is 36.9 Å². The fraction of sp³-hybridized carbons (Fsp3) is 0.111. The SMILES string of the molecule is C=CCSc1ccc(N)cc1. The Balaban J connectivity index is 2.58. The highest BCUT2D eigenvalue weighted by molar-refractivity contribution is 7.99. The predicted octanol–water partition coefficient (Wildman–Crippen LogP) is 2.55. The van der Waals surface area contributed by atoms with Crippen molar-refractivity contribution < 1.29 is 0 Å². The lowest BCUT2D eigenvalue weighted by Crippen LogP contribution is -1.82. The molecule has 2 heteroatoms. The van der Waals surface area contributed by atoms with Crippen LogP contribution >= 0.6 is 11.8 Å². The first-order chi connectivity index (χ1) is 5.33. The average molecular weight is 165 g/mol. The fourth-order valence-electron chi connectivity index (χ4n) is 0.719. The molecule has 0 radical (unpaired) electrons. The van der Waals surface area contributed by atoms with Gasteiger partial charge in [0.1, 0.15) is 0 Å². The number of anilines is 1. The molecule has 1 nitrogen and oxygen atoms in total. The molecule has 0 bridgehead atoms. The first kappa shape index (κ1) is 8.21. The Labute approximate surface area is 71.3 Å². The maximum Gasteiger partial charge on any atom is 0.0314 e. The highest BCUT2D eigenvalue weighted by atomic mass is 32.2. The zero-order chi connectivity index (χ0) is 8.10. The topological polar surface area (TPSA) is 26.0 Å². The van der Waals surface area contributed by atoms with Crippen molar-refractivity contribution in [2.75, 3.05) is 11.5 Å². The third kappa shape index (κ3) is 2.68. The molecule has 0 amide bonds. The van der Waals surface area contributed by atoms with Crippen molar-refractivity contribution in [1.82, 2.24) is 0 Å². The summed E-state index contributed by atoms with van der Waals surface area (Å²) in [6.45, 7) is 3.65. The molecule has 58 valence electrons. The Morgan fingerprint density at radius 1 is 1.36 bits per heavy atom. The van der Waals surface area contributed by atoms with Crippen LogP contribution in [-0.2, 0) is 0 Å². The van der Waals surface area contributed by atoms with Gasteiger partial charge in [0, 0.05) is 16.3 Å². The van der Waals surface area contributed by atoms with Gasteiger partial charge in [0.05, 0.1) is 0 Å². The minimum atomic E-state index is 0.813. The largest absolute Gasteiger partial charge is 0.399 e. The van der Waals surface area contributed by atoms with E-state index < -0.39 is 0 Å². The fourth-order valence-corrected chi connectivity index (χ4v) is 1.36. The van der Waals surface area contributed by atoms with Crippen LogP contribution in [0.3, 0.4) is 0 Å². The van der Waals surface area contributed by atoms with Crippen LogP contribution in [0.1, 0.15) is 0 Å². The van der Waals surface area contributed by atoms with Crippen molar-refractivity contribution in [1.29, 1.82) is 0 Å². The standard InChI is InChI=1S/C9H11NS/c1-2-7-11-9-5-3-8(10)4-6-9/h2-6H,1,7,10H2. The normalized spacial score (nSPS) is 9.45. The van der Waals surface area contributed by atoms with Crippen LogP contribution in [0.15, 0.2) is 41.8 Å². The molecule has 0 aromatic heterocycles. The van der Waals surface area contributed by atoms with E-state index in [0.29, 0.717) is 0 Å². The molecule has 0 unspecified atom stereocenters. The average Bonchev–Trinajstić information content (AvgIpc) is 2.04. The van der Waals surface area contributed by atoms with E-state index in [1.165, 1.54) is 4.90 Å². The maximum atomic E-state index is 5.53. The van der Waals surface area contributed by atoms with Crippen molar-refractivity contribution in [3.63, 3.8) is 0 Å². The molecule has 0 saturated carbocycles. The molecule has 0 aliphatic rings. The van der Waals surface area contributed by atoms with Crippen LogP contribution in [0, 0.1) is 0 Å². The van der Waals surface area contributed by atoms with Crippen molar-refractivity contribution in [2.45, 2.75) is 4.90 Å². The van der Waals surface area contributed by atoms with Crippen LogP contribution in [-0.4, -0.2) is 5.75 Å². The summed E-state index contributed by atoms with van der Waals surface area (Å²) in [6, 6.07) is 7.85. The molecule has 0 fully saturated rings. The van der Waals surface area contributed by atoms with Gasteiger partial charge < -0.3 is 5.73 Å². The Kier molecular flexibility index (Phi) is 3.05. The number of nitrogens with two attached hydrogens (primary N) is 1. The lowest BCUT2D eigenvalue weighted by Gasteiger charge is -1.97. The first-order valence-electron chi connectivity index (χ1n) is 3.42. The van der Waals surface area contributed by atoms with E-state index in [-0.39, 0.29) is 0 Å². The van der Waals surface area contributed by atoms with Gasteiger partial charge in [-0.3, -0.25) is 0 Å².